The molecule has 3 rings (SSSR count). The van der Waals surface area contributed by atoms with Crippen molar-refractivity contribution in [1.82, 2.24) is 10.2 Å². The minimum Gasteiger partial charge on any atom is -0.494 e. The topological polar surface area (TPSA) is 58.6 Å². The molecule has 0 bridgehead atoms. The van der Waals surface area contributed by atoms with Gasteiger partial charge in [-0.05, 0) is 43.4 Å². The smallest absolute Gasteiger partial charge is 0.243 e. The van der Waals surface area contributed by atoms with Crippen molar-refractivity contribution in [3.8, 4) is 5.75 Å². The highest BCUT2D eigenvalue weighted by Gasteiger charge is 2.30. The summed E-state index contributed by atoms with van der Waals surface area (Å²) in [6.45, 7) is 2.89. The molecule has 172 valence electrons. The van der Waals surface area contributed by atoms with Crippen LogP contribution in [0.5, 0.6) is 5.75 Å². The minimum atomic E-state index is -0.459. The standard InChI is InChI=1S/C27H36N2O3/c1-2-25(27(31)28-23-15-8-4-9-16-23)29(21-22-13-6-3-7-14-22)26(30)19-12-20-32-24-17-10-5-11-18-24/h3,5-7,10-11,13-14,17-18,23,25H,2,4,8-9,12,15-16,19-21H2,1H3,(H,28,31). The molecule has 1 atom stereocenters. The van der Waals surface area contributed by atoms with E-state index in [0.29, 0.717) is 32.4 Å². The Bertz CT molecular complexity index is 819. The zero-order valence-corrected chi connectivity index (χ0v) is 19.2. The molecule has 2 aromatic rings. The molecule has 1 N–H and O–H groups in total. The summed E-state index contributed by atoms with van der Waals surface area (Å²) in [5.74, 6) is 0.778. The number of hydrogen-bond acceptors (Lipinski definition) is 3. The van der Waals surface area contributed by atoms with E-state index in [0.717, 1.165) is 37.0 Å². The first-order chi connectivity index (χ1) is 15.7. The van der Waals surface area contributed by atoms with E-state index in [1.165, 1.54) is 6.42 Å². The van der Waals surface area contributed by atoms with E-state index in [1.807, 2.05) is 67.6 Å². The van der Waals surface area contributed by atoms with E-state index >= 15 is 0 Å². The molecule has 1 saturated carbocycles. The summed E-state index contributed by atoms with van der Waals surface area (Å²) < 4.78 is 5.74. The molecule has 1 aliphatic carbocycles. The minimum absolute atomic E-state index is 0.00356. The molecule has 32 heavy (non-hydrogen) atoms. The molecular formula is C27H36N2O3. The average molecular weight is 437 g/mol. The number of carbonyl (C=O) groups is 2. The SMILES string of the molecule is CCC(C(=O)NC1CCCCC1)N(Cc1ccccc1)C(=O)CCCOc1ccccc1. The number of benzene rings is 2. The molecule has 2 amide bonds. The van der Waals surface area contributed by atoms with Crippen LogP contribution in [0.3, 0.4) is 0 Å². The van der Waals surface area contributed by atoms with Crippen LogP contribution in [0.15, 0.2) is 60.7 Å². The van der Waals surface area contributed by atoms with Gasteiger partial charge in [0.05, 0.1) is 6.61 Å². The van der Waals surface area contributed by atoms with Crippen molar-refractivity contribution in [3.05, 3.63) is 66.2 Å². The number of amides is 2. The molecule has 5 nitrogen and oxygen atoms in total. The summed E-state index contributed by atoms with van der Waals surface area (Å²) in [5, 5.41) is 3.22. The third-order valence-electron chi connectivity index (χ3n) is 6.08. The van der Waals surface area contributed by atoms with Gasteiger partial charge in [-0.1, -0.05) is 74.7 Å². The van der Waals surface area contributed by atoms with Gasteiger partial charge in [0.25, 0.3) is 0 Å². The zero-order chi connectivity index (χ0) is 22.6. The molecule has 0 saturated heterocycles. The van der Waals surface area contributed by atoms with Crippen LogP contribution in [0.25, 0.3) is 0 Å². The molecule has 1 aliphatic rings. The van der Waals surface area contributed by atoms with E-state index in [1.54, 1.807) is 4.90 Å². The number of carbonyl (C=O) groups excluding carboxylic acids is 2. The Morgan fingerprint density at radius 1 is 1.00 bits per heavy atom. The summed E-state index contributed by atoms with van der Waals surface area (Å²) in [6, 6.07) is 19.3. The van der Waals surface area contributed by atoms with Crippen molar-refractivity contribution in [1.29, 1.82) is 0 Å². The van der Waals surface area contributed by atoms with Gasteiger partial charge < -0.3 is 15.0 Å². The predicted octanol–water partition coefficient (Wildman–Crippen LogP) is 5.10. The van der Waals surface area contributed by atoms with Crippen LogP contribution in [0.2, 0.25) is 0 Å². The van der Waals surface area contributed by atoms with E-state index in [4.69, 9.17) is 4.74 Å². The second-order valence-corrected chi connectivity index (χ2v) is 8.54. The first kappa shape index (κ1) is 23.8. The maximum Gasteiger partial charge on any atom is 0.243 e. The fraction of sp³-hybridized carbons (Fsp3) is 0.481. The number of para-hydroxylation sites is 1. The summed E-state index contributed by atoms with van der Waals surface area (Å²) in [6.07, 6.45) is 7.19. The first-order valence-electron chi connectivity index (χ1n) is 12.0. The second kappa shape index (κ2) is 12.9. The van der Waals surface area contributed by atoms with Crippen LogP contribution in [-0.4, -0.2) is 35.4 Å². The third kappa shape index (κ3) is 7.40. The number of nitrogens with one attached hydrogen (secondary N) is 1. The van der Waals surface area contributed by atoms with Gasteiger partial charge in [0.2, 0.25) is 11.8 Å². The first-order valence-corrected chi connectivity index (χ1v) is 12.0. The molecule has 1 unspecified atom stereocenters. The molecule has 0 aromatic heterocycles. The maximum absolute atomic E-state index is 13.2. The van der Waals surface area contributed by atoms with Crippen molar-refractivity contribution in [2.24, 2.45) is 0 Å². The fourth-order valence-corrected chi connectivity index (χ4v) is 4.32. The Labute approximate surface area is 192 Å². The third-order valence-corrected chi connectivity index (χ3v) is 6.08. The lowest BCUT2D eigenvalue weighted by Crippen LogP contribution is -2.51. The molecule has 0 heterocycles. The number of rotatable bonds is 11. The van der Waals surface area contributed by atoms with Gasteiger partial charge in [-0.15, -0.1) is 0 Å². The number of nitrogens with zero attached hydrogens (tertiary/aromatic N) is 1. The Kier molecular flexibility index (Phi) is 9.60. The lowest BCUT2D eigenvalue weighted by Gasteiger charge is -2.33. The fourth-order valence-electron chi connectivity index (χ4n) is 4.32. The predicted molar refractivity (Wildman–Crippen MR) is 127 cm³/mol. The molecule has 2 aromatic carbocycles. The largest absolute Gasteiger partial charge is 0.494 e. The van der Waals surface area contributed by atoms with Crippen LogP contribution in [0.1, 0.15) is 63.9 Å². The van der Waals surface area contributed by atoms with Gasteiger partial charge in [-0.25, -0.2) is 0 Å². The van der Waals surface area contributed by atoms with Gasteiger partial charge >= 0.3 is 0 Å². The van der Waals surface area contributed by atoms with Crippen LogP contribution >= 0.6 is 0 Å². The normalized spacial score (nSPS) is 15.0. The highest BCUT2D eigenvalue weighted by atomic mass is 16.5. The maximum atomic E-state index is 13.2. The van der Waals surface area contributed by atoms with Crippen LogP contribution in [0, 0.1) is 0 Å². The summed E-state index contributed by atoms with van der Waals surface area (Å²) in [5.41, 5.74) is 1.03. The van der Waals surface area contributed by atoms with Crippen molar-refractivity contribution in [2.75, 3.05) is 6.61 Å². The van der Waals surface area contributed by atoms with Crippen molar-refractivity contribution < 1.29 is 14.3 Å². The highest BCUT2D eigenvalue weighted by Crippen LogP contribution is 2.19. The van der Waals surface area contributed by atoms with E-state index in [9.17, 15) is 9.59 Å². The van der Waals surface area contributed by atoms with Gasteiger partial charge in [0, 0.05) is 19.0 Å². The average Bonchev–Trinajstić information content (AvgIpc) is 2.83. The van der Waals surface area contributed by atoms with Crippen LogP contribution in [0.4, 0.5) is 0 Å². The van der Waals surface area contributed by atoms with Crippen LogP contribution in [-0.2, 0) is 16.1 Å². The van der Waals surface area contributed by atoms with Crippen molar-refractivity contribution in [3.63, 3.8) is 0 Å². The summed E-state index contributed by atoms with van der Waals surface area (Å²) in [4.78, 5) is 28.2. The molecule has 0 radical (unpaired) electrons. The molecule has 0 spiro atoms. The number of hydrogen-bond donors (Lipinski definition) is 1. The Balaban J connectivity index is 1.62. The Hall–Kier alpha value is -2.82. The Morgan fingerprint density at radius 2 is 1.66 bits per heavy atom. The van der Waals surface area contributed by atoms with Crippen LogP contribution < -0.4 is 10.1 Å². The Morgan fingerprint density at radius 3 is 2.31 bits per heavy atom. The molecule has 1 fully saturated rings. The highest BCUT2D eigenvalue weighted by molar-refractivity contribution is 5.87. The van der Waals surface area contributed by atoms with E-state index in [-0.39, 0.29) is 17.9 Å². The lowest BCUT2D eigenvalue weighted by atomic mass is 9.95. The summed E-state index contributed by atoms with van der Waals surface area (Å²) in [7, 11) is 0. The quantitative estimate of drug-likeness (QED) is 0.499. The monoisotopic (exact) mass is 436 g/mol. The number of ether oxygens (including phenoxy) is 1. The molecule has 5 heteroatoms. The molecular weight excluding hydrogens is 400 g/mol. The van der Waals surface area contributed by atoms with E-state index < -0.39 is 6.04 Å². The van der Waals surface area contributed by atoms with Crippen molar-refractivity contribution in [2.45, 2.75) is 76.9 Å². The molecule has 0 aliphatic heterocycles. The second-order valence-electron chi connectivity index (χ2n) is 8.54. The van der Waals surface area contributed by atoms with E-state index in [2.05, 4.69) is 5.32 Å². The zero-order valence-electron chi connectivity index (χ0n) is 19.2. The lowest BCUT2D eigenvalue weighted by molar-refractivity contribution is -0.142. The van der Waals surface area contributed by atoms with Crippen molar-refractivity contribution >= 4 is 11.8 Å². The van der Waals surface area contributed by atoms with Gasteiger partial charge in [0.15, 0.2) is 0 Å². The summed E-state index contributed by atoms with van der Waals surface area (Å²) >= 11 is 0. The van der Waals surface area contributed by atoms with Gasteiger partial charge in [0.1, 0.15) is 11.8 Å². The van der Waals surface area contributed by atoms with Gasteiger partial charge in [-0.3, -0.25) is 9.59 Å². The van der Waals surface area contributed by atoms with Gasteiger partial charge in [-0.2, -0.15) is 0 Å².